The van der Waals surface area contributed by atoms with E-state index >= 15 is 0 Å². The molecule has 1 saturated heterocycles. The van der Waals surface area contributed by atoms with Crippen molar-refractivity contribution >= 4 is 35.7 Å². The fraction of sp³-hybridized carbons (Fsp3) is 0.750. The summed E-state index contributed by atoms with van der Waals surface area (Å²) >= 11 is 2.82. The van der Waals surface area contributed by atoms with Crippen molar-refractivity contribution in [3.8, 4) is 0 Å². The molecule has 0 aliphatic carbocycles. The Labute approximate surface area is 92.6 Å². The van der Waals surface area contributed by atoms with Crippen LogP contribution in [0.15, 0.2) is 0 Å². The lowest BCUT2D eigenvalue weighted by Gasteiger charge is -2.31. The van der Waals surface area contributed by atoms with Gasteiger partial charge in [0.1, 0.15) is 13.1 Å². The summed E-state index contributed by atoms with van der Waals surface area (Å²) in [5, 5.41) is 0. The van der Waals surface area contributed by atoms with Gasteiger partial charge in [0.25, 0.3) is 11.8 Å². The first-order valence-electron chi connectivity index (χ1n) is 4.55. The molecule has 0 unspecified atom stereocenters. The maximum absolute atomic E-state index is 11.5. The Hall–Kier alpha value is -0.360. The van der Waals surface area contributed by atoms with Gasteiger partial charge in [-0.3, -0.25) is 18.2 Å². The standard InChI is InChI=1S/C8H14N2O2S2/c1-3-13-9-5-8(12)10(14-4-2)6-7(9)11/h3-6H2,1-2H3. The Morgan fingerprint density at radius 2 is 1.36 bits per heavy atom. The van der Waals surface area contributed by atoms with Crippen molar-refractivity contribution in [2.75, 3.05) is 24.6 Å². The molecular weight excluding hydrogens is 220 g/mol. The molecule has 4 nitrogen and oxygen atoms in total. The molecule has 0 N–H and O–H groups in total. The van der Waals surface area contributed by atoms with E-state index in [4.69, 9.17) is 0 Å². The number of nitrogens with zero attached hydrogens (tertiary/aromatic N) is 2. The Kier molecular flexibility index (Phi) is 4.60. The smallest absolute Gasteiger partial charge is 0.253 e. The summed E-state index contributed by atoms with van der Waals surface area (Å²) in [6, 6.07) is 0. The minimum Gasteiger partial charge on any atom is -0.275 e. The Balaban J connectivity index is 2.53. The van der Waals surface area contributed by atoms with Crippen molar-refractivity contribution in [3.63, 3.8) is 0 Å². The van der Waals surface area contributed by atoms with Crippen LogP contribution in [0.1, 0.15) is 13.8 Å². The highest BCUT2D eigenvalue weighted by molar-refractivity contribution is 7.98. The Morgan fingerprint density at radius 1 is 1.00 bits per heavy atom. The molecule has 0 aromatic heterocycles. The van der Waals surface area contributed by atoms with Crippen LogP contribution in [0.5, 0.6) is 0 Å². The molecule has 0 aromatic rings. The van der Waals surface area contributed by atoms with Crippen LogP contribution in [0.2, 0.25) is 0 Å². The largest absolute Gasteiger partial charge is 0.275 e. The molecule has 6 heteroatoms. The molecule has 1 fully saturated rings. The highest BCUT2D eigenvalue weighted by atomic mass is 32.2. The van der Waals surface area contributed by atoms with E-state index in [2.05, 4.69) is 0 Å². The van der Waals surface area contributed by atoms with Crippen LogP contribution in [0.4, 0.5) is 0 Å². The fourth-order valence-electron chi connectivity index (χ4n) is 1.13. The van der Waals surface area contributed by atoms with Gasteiger partial charge in [-0.05, 0) is 23.9 Å². The predicted molar refractivity (Wildman–Crippen MR) is 59.7 cm³/mol. The van der Waals surface area contributed by atoms with Gasteiger partial charge in [0, 0.05) is 11.5 Å². The molecule has 0 bridgehead atoms. The summed E-state index contributed by atoms with van der Waals surface area (Å²) in [4.78, 5) is 23.0. The first kappa shape index (κ1) is 11.7. The molecule has 0 aromatic carbocycles. The SMILES string of the molecule is CCSN1CC(=O)N(SCC)CC1=O. The lowest BCUT2D eigenvalue weighted by molar-refractivity contribution is -0.140. The average molecular weight is 234 g/mol. The molecule has 0 atom stereocenters. The third kappa shape index (κ3) is 2.81. The summed E-state index contributed by atoms with van der Waals surface area (Å²) in [7, 11) is 0. The molecule has 14 heavy (non-hydrogen) atoms. The number of carbonyl (C=O) groups excluding carboxylic acids is 2. The first-order valence-corrected chi connectivity index (χ1v) is 6.44. The van der Waals surface area contributed by atoms with Gasteiger partial charge < -0.3 is 0 Å². The monoisotopic (exact) mass is 234 g/mol. The highest BCUT2D eigenvalue weighted by Crippen LogP contribution is 2.19. The molecule has 0 radical (unpaired) electrons. The van der Waals surface area contributed by atoms with Gasteiger partial charge in [0.05, 0.1) is 0 Å². The van der Waals surface area contributed by atoms with Crippen molar-refractivity contribution in [1.29, 1.82) is 0 Å². The van der Waals surface area contributed by atoms with E-state index in [0.717, 1.165) is 11.5 Å². The summed E-state index contributed by atoms with van der Waals surface area (Å²) in [6.45, 7) is 4.36. The van der Waals surface area contributed by atoms with E-state index in [1.807, 2.05) is 13.8 Å². The van der Waals surface area contributed by atoms with E-state index in [0.29, 0.717) is 0 Å². The van der Waals surface area contributed by atoms with E-state index in [1.165, 1.54) is 23.9 Å². The quantitative estimate of drug-likeness (QED) is 0.680. The van der Waals surface area contributed by atoms with E-state index in [9.17, 15) is 9.59 Å². The maximum atomic E-state index is 11.5. The van der Waals surface area contributed by atoms with Crippen LogP contribution in [0.3, 0.4) is 0 Å². The van der Waals surface area contributed by atoms with Crippen LogP contribution in [-0.2, 0) is 9.59 Å². The second kappa shape index (κ2) is 5.50. The Bertz CT molecular complexity index is 211. The summed E-state index contributed by atoms with van der Waals surface area (Å²) in [5.41, 5.74) is 0. The number of hydrogen-bond acceptors (Lipinski definition) is 4. The normalized spacial score (nSPS) is 17.9. The second-order valence-electron chi connectivity index (χ2n) is 2.70. The van der Waals surface area contributed by atoms with Gasteiger partial charge in [0.2, 0.25) is 0 Å². The summed E-state index contributed by atoms with van der Waals surface area (Å²) in [5.74, 6) is 1.69. The molecule has 1 rings (SSSR count). The van der Waals surface area contributed by atoms with Gasteiger partial charge in [-0.25, -0.2) is 0 Å². The number of amides is 2. The van der Waals surface area contributed by atoms with Crippen molar-refractivity contribution in [2.24, 2.45) is 0 Å². The third-order valence-corrected chi connectivity index (χ3v) is 3.49. The molecule has 1 heterocycles. The Morgan fingerprint density at radius 3 is 1.64 bits per heavy atom. The zero-order chi connectivity index (χ0) is 10.6. The number of carbonyl (C=O) groups is 2. The van der Waals surface area contributed by atoms with Gasteiger partial charge in [-0.15, -0.1) is 0 Å². The zero-order valence-electron chi connectivity index (χ0n) is 8.36. The molecule has 2 amide bonds. The third-order valence-electron chi connectivity index (χ3n) is 1.68. The lowest BCUT2D eigenvalue weighted by Crippen LogP contribution is -2.48. The molecule has 1 aliphatic heterocycles. The average Bonchev–Trinajstić information content (AvgIpc) is 2.14. The van der Waals surface area contributed by atoms with Crippen molar-refractivity contribution < 1.29 is 9.59 Å². The predicted octanol–water partition coefficient (Wildman–Crippen LogP) is 0.993. The molecule has 0 saturated carbocycles. The van der Waals surface area contributed by atoms with E-state index in [1.54, 1.807) is 8.61 Å². The van der Waals surface area contributed by atoms with Crippen LogP contribution >= 0.6 is 23.9 Å². The summed E-state index contributed by atoms with van der Waals surface area (Å²) < 4.78 is 3.10. The van der Waals surface area contributed by atoms with Crippen LogP contribution in [0, 0.1) is 0 Å². The minimum absolute atomic E-state index is 0.0254. The molecule has 0 spiro atoms. The van der Waals surface area contributed by atoms with E-state index in [-0.39, 0.29) is 24.9 Å². The van der Waals surface area contributed by atoms with Gasteiger partial charge >= 0.3 is 0 Å². The highest BCUT2D eigenvalue weighted by Gasteiger charge is 2.29. The number of rotatable bonds is 4. The van der Waals surface area contributed by atoms with Gasteiger partial charge in [-0.2, -0.15) is 0 Å². The van der Waals surface area contributed by atoms with Crippen molar-refractivity contribution in [1.82, 2.24) is 8.61 Å². The van der Waals surface area contributed by atoms with Crippen LogP contribution in [0.25, 0.3) is 0 Å². The number of hydrogen-bond donors (Lipinski definition) is 0. The first-order chi connectivity index (χ1) is 6.69. The molecule has 80 valence electrons. The lowest BCUT2D eigenvalue weighted by atomic mass is 10.4. The van der Waals surface area contributed by atoms with Gasteiger partial charge in [-0.1, -0.05) is 13.8 Å². The zero-order valence-corrected chi connectivity index (χ0v) is 9.99. The van der Waals surface area contributed by atoms with Crippen LogP contribution < -0.4 is 0 Å². The number of piperazine rings is 1. The minimum atomic E-state index is 0.0254. The fourth-order valence-corrected chi connectivity index (χ4v) is 2.56. The second-order valence-corrected chi connectivity index (χ2v) is 5.25. The van der Waals surface area contributed by atoms with Crippen molar-refractivity contribution in [2.45, 2.75) is 13.8 Å². The van der Waals surface area contributed by atoms with E-state index < -0.39 is 0 Å². The molecule has 1 aliphatic rings. The summed E-state index contributed by atoms with van der Waals surface area (Å²) in [6.07, 6.45) is 0. The van der Waals surface area contributed by atoms with Crippen LogP contribution in [-0.4, -0.2) is 45.0 Å². The topological polar surface area (TPSA) is 40.6 Å². The van der Waals surface area contributed by atoms with Gasteiger partial charge in [0.15, 0.2) is 0 Å². The molecular formula is C8H14N2O2S2. The van der Waals surface area contributed by atoms with Crippen molar-refractivity contribution in [3.05, 3.63) is 0 Å². The maximum Gasteiger partial charge on any atom is 0.253 e.